The van der Waals surface area contributed by atoms with Gasteiger partial charge in [-0.25, -0.2) is 72.9 Å². The van der Waals surface area contributed by atoms with Crippen LogP contribution in [0.5, 0.6) is 0 Å². The Morgan fingerprint density at radius 1 is 0.294 bits per heavy atom. The van der Waals surface area contributed by atoms with E-state index in [1.54, 1.807) is 39.5 Å². The maximum absolute atomic E-state index is 12.3. The monoisotopic (exact) mass is 1680 g/mol. The number of alkyl carbamates (subject to hydrolysis) is 5. The molecule has 5 aromatic rings. The smallest absolute Gasteiger partial charge is 0.408 e. The molecule has 0 unspecified atom stereocenters. The normalized spacial score (nSPS) is 10.7. The number of ether oxygens (including phenoxy) is 5. The first-order valence-electron chi connectivity index (χ1n) is 39.2. The number of urea groups is 5. The molecule has 0 radical (unpaired) electrons. The number of carbonyl (C=O) groups excluding carboxylic acids is 10. The highest BCUT2D eigenvalue weighted by Gasteiger charge is 2.19. The molecule has 0 saturated carbocycles. The Kier molecular flexibility index (Phi) is 47.2. The van der Waals surface area contributed by atoms with Crippen molar-refractivity contribution in [2.75, 3.05) is 165 Å². The predicted octanol–water partition coefficient (Wildman–Crippen LogP) is 3.25. The van der Waals surface area contributed by atoms with Crippen LogP contribution in [-0.2, 0) is 23.7 Å². The number of nitrogens with one attached hydrogen (secondary N) is 20. The van der Waals surface area contributed by atoms with Crippen molar-refractivity contribution in [1.82, 2.24) is 108 Å². The fraction of sp³-hybridized carbons (Fsp3) is 0.583. The third kappa shape index (κ3) is 50.2. The van der Waals surface area contributed by atoms with Crippen molar-refractivity contribution in [2.24, 2.45) is 0 Å². The van der Waals surface area contributed by atoms with Crippen LogP contribution in [0, 0.1) is 34.6 Å². The number of aryl methyl sites for hydroxylation is 5. The number of unbranched alkanes of at least 4 members (excludes halogenated alkanes) is 12. The summed E-state index contributed by atoms with van der Waals surface area (Å²) < 4.78 is 26.9. The molecule has 0 atom stereocenters. The Balaban J connectivity index is 0.000000521. The molecule has 0 spiro atoms. The van der Waals surface area contributed by atoms with Crippen LogP contribution in [0.4, 0.5) is 77.7 Å². The van der Waals surface area contributed by atoms with E-state index in [2.05, 4.69) is 130 Å². The van der Waals surface area contributed by atoms with E-state index in [0.29, 0.717) is 124 Å². The number of H-pyrrole nitrogens is 5. The summed E-state index contributed by atoms with van der Waals surface area (Å²) in [5.41, 5.74) is 0.490. The second-order valence-electron chi connectivity index (χ2n) is 27.5. The Morgan fingerprint density at radius 2 is 0.496 bits per heavy atom. The van der Waals surface area contributed by atoms with Gasteiger partial charge in [-0.05, 0) is 86.0 Å². The molecule has 0 aliphatic rings. The van der Waals surface area contributed by atoms with Gasteiger partial charge >= 0.3 is 60.6 Å². The molecular weight excluding hydrogens is 1560 g/mol. The third-order valence-corrected chi connectivity index (χ3v) is 16.4. The molecule has 0 saturated heterocycles. The van der Waals surface area contributed by atoms with Gasteiger partial charge in [-0.1, -0.05) is 51.4 Å². The standard InChI is InChI=1S/C40H62N16O12.C32H53N11O8/c1-26-22-29(57)50-32(47-26)53-35(60)41-12-8-4-6-10-14-43-38(63)66-19-16-56(18-21-68-40(65)46-25-45-37(62)55-34-49-28(3)24-31(59)52-34)17-20-67-39(64)44-15-11-7-5-9-13-42-36(61)54-33-48-27(2)23-30(58)51-33;1-23-21-25(44)39-27(37-23)41-29(46)33-13-9-5-7-11-15-35-31(48)50-19-17-43(3,4)18-20-51-32(49)36-16-12-8-6-10-14-34-30(47)42-28-38-24(2)22-26(45)40-28/h22-24H,4-21,25H2,1-3H3,(H,43,63)(H,44,64)(H,46,65)(H3,41,47,50,53,57,60)(H3,42,48,51,54,58,61)(H3,45,49,52,55,59,62);21-22H,5-20H2,1-4H3,(H7-,33,34,35,36,37,38,39,40,41,42,44,45,46,47,48,49)/p+1. The van der Waals surface area contributed by atoms with Gasteiger partial charge in [0.15, 0.2) is 0 Å². The Bertz CT molecular complexity index is 4090. The molecule has 119 heavy (non-hydrogen) atoms. The largest absolute Gasteiger partial charge is 0.448 e. The van der Waals surface area contributed by atoms with Gasteiger partial charge in [-0.15, -0.1) is 0 Å². The summed E-state index contributed by atoms with van der Waals surface area (Å²) in [6.07, 6.45) is 9.31. The van der Waals surface area contributed by atoms with E-state index >= 15 is 0 Å². The number of quaternary nitrogens is 1. The minimum Gasteiger partial charge on any atom is -0.448 e. The van der Waals surface area contributed by atoms with E-state index in [9.17, 15) is 71.9 Å². The second kappa shape index (κ2) is 57.1. The Labute approximate surface area is 685 Å². The number of amides is 15. The highest BCUT2D eigenvalue weighted by molar-refractivity contribution is 5.89. The highest BCUT2D eigenvalue weighted by atomic mass is 16.6. The maximum Gasteiger partial charge on any atom is 0.408 e. The average molecular weight is 1680 g/mol. The lowest BCUT2D eigenvalue weighted by Crippen LogP contribution is -2.45. The number of aromatic nitrogens is 10. The zero-order chi connectivity index (χ0) is 87.0. The molecule has 0 fully saturated rings. The molecule has 5 heterocycles. The van der Waals surface area contributed by atoms with Crippen molar-refractivity contribution >= 4 is 90.4 Å². The topological polar surface area (TPSA) is 629 Å². The summed E-state index contributed by atoms with van der Waals surface area (Å²) >= 11 is 0. The summed E-state index contributed by atoms with van der Waals surface area (Å²) in [6, 6.07) is 3.93. The molecule has 658 valence electrons. The van der Waals surface area contributed by atoms with Crippen LogP contribution in [0.3, 0.4) is 0 Å². The van der Waals surface area contributed by atoms with Crippen LogP contribution in [0.1, 0.15) is 131 Å². The average Bonchev–Trinajstić information content (AvgIpc) is 0.911. The van der Waals surface area contributed by atoms with E-state index in [4.69, 9.17) is 23.7 Å². The number of rotatable bonds is 50. The first-order chi connectivity index (χ1) is 56.9. The number of likely N-dealkylation sites (N-methyl/N-ethyl adjacent to an activating group) is 1. The van der Waals surface area contributed by atoms with Gasteiger partial charge < -0.3 is 81.3 Å². The first kappa shape index (κ1) is 98.4. The number of nitrogens with zero attached hydrogens (tertiary/aromatic N) is 7. The number of anilines is 5. The van der Waals surface area contributed by atoms with Gasteiger partial charge in [0.2, 0.25) is 29.7 Å². The number of hydrogen-bond acceptors (Lipinski definition) is 26. The summed E-state index contributed by atoms with van der Waals surface area (Å²) in [6.45, 7) is 13.2. The van der Waals surface area contributed by atoms with Crippen molar-refractivity contribution in [3.05, 3.63) is 111 Å². The number of carbonyl (C=O) groups is 10. The van der Waals surface area contributed by atoms with Crippen molar-refractivity contribution in [3.8, 4) is 0 Å². The molecule has 20 N–H and O–H groups in total. The van der Waals surface area contributed by atoms with Gasteiger partial charge in [0.05, 0.1) is 20.8 Å². The summed E-state index contributed by atoms with van der Waals surface area (Å²) in [5.74, 6) is 0.236. The fourth-order valence-electron chi connectivity index (χ4n) is 10.4. The van der Waals surface area contributed by atoms with Crippen molar-refractivity contribution in [3.63, 3.8) is 0 Å². The Hall–Kier alpha value is -13.0. The van der Waals surface area contributed by atoms with Crippen LogP contribution in [0.15, 0.2) is 54.3 Å². The summed E-state index contributed by atoms with van der Waals surface area (Å²) in [5, 5.41) is 38.6. The zero-order valence-electron chi connectivity index (χ0n) is 68.4. The van der Waals surface area contributed by atoms with E-state index in [-0.39, 0.29) is 111 Å². The molecule has 5 rings (SSSR count). The summed E-state index contributed by atoms with van der Waals surface area (Å²) in [4.78, 5) is 213. The van der Waals surface area contributed by atoms with Crippen molar-refractivity contribution in [2.45, 2.75) is 137 Å². The molecule has 0 aromatic carbocycles. The SMILES string of the molecule is Cc1cc(=O)[nH]c(NC(=O)NCCCCCCNC(=O)OCCN(CCOC(=O)NCCCCCCNC(=O)Nc2nc(C)cc(=O)[nH]2)CCOC(=O)NCNC(=O)Nc2nc(C)cc(=O)[nH]2)n1.Cc1cc(=O)[nH]c(NC(=O)NCCCCCCNC(=O)OCC[N+](C)(C)CCOC(=O)NCCCCCCNC(=O)Nc2nc(C)cc(=O)[nH]2)n1. The molecule has 5 aromatic heterocycles. The molecule has 0 aliphatic carbocycles. The third-order valence-electron chi connectivity index (χ3n) is 16.4. The zero-order valence-corrected chi connectivity index (χ0v) is 68.4. The van der Waals surface area contributed by atoms with Crippen LogP contribution in [0.25, 0.3) is 0 Å². The lowest BCUT2D eigenvalue weighted by atomic mass is 10.2. The fourth-order valence-corrected chi connectivity index (χ4v) is 10.4. The highest BCUT2D eigenvalue weighted by Crippen LogP contribution is 2.07. The lowest BCUT2D eigenvalue weighted by molar-refractivity contribution is -0.890. The van der Waals surface area contributed by atoms with Crippen LogP contribution in [-0.4, -0.2) is 259 Å². The van der Waals surface area contributed by atoms with Gasteiger partial charge in [-0.2, -0.15) is 0 Å². The molecule has 0 bridgehead atoms. The quantitative estimate of drug-likeness (QED) is 0.0115. The van der Waals surface area contributed by atoms with Gasteiger partial charge in [0.25, 0.3) is 27.8 Å². The molecule has 47 nitrogen and oxygen atoms in total. The maximum atomic E-state index is 12.3. The minimum atomic E-state index is -0.842. The molecule has 47 heteroatoms. The van der Waals surface area contributed by atoms with Crippen LogP contribution >= 0.6 is 0 Å². The van der Waals surface area contributed by atoms with Gasteiger partial charge in [-0.3, -0.25) is 80.4 Å². The predicted molar refractivity (Wildman–Crippen MR) is 437 cm³/mol. The van der Waals surface area contributed by atoms with Crippen molar-refractivity contribution < 1.29 is 76.1 Å². The summed E-state index contributed by atoms with van der Waals surface area (Å²) in [7, 11) is 3.92. The molecule has 0 aliphatic heterocycles. The van der Waals surface area contributed by atoms with Crippen molar-refractivity contribution in [1.29, 1.82) is 0 Å². The Morgan fingerprint density at radius 3 is 0.723 bits per heavy atom. The van der Waals surface area contributed by atoms with Crippen LogP contribution < -0.4 is 108 Å². The van der Waals surface area contributed by atoms with Crippen LogP contribution in [0.2, 0.25) is 0 Å². The van der Waals surface area contributed by atoms with E-state index in [1.807, 2.05) is 14.1 Å². The number of hydrogen-bond donors (Lipinski definition) is 20. The van der Waals surface area contributed by atoms with E-state index < -0.39 is 66.2 Å². The van der Waals surface area contributed by atoms with E-state index in [1.165, 1.54) is 30.3 Å². The first-order valence-corrected chi connectivity index (χ1v) is 39.2. The van der Waals surface area contributed by atoms with Gasteiger partial charge in [0, 0.05) is 131 Å². The van der Waals surface area contributed by atoms with Gasteiger partial charge in [0.1, 0.15) is 46.1 Å². The second-order valence-corrected chi connectivity index (χ2v) is 27.5. The minimum absolute atomic E-state index is 0.0327. The lowest BCUT2D eigenvalue weighted by Gasteiger charge is -2.29. The molecule has 15 amide bonds. The van der Waals surface area contributed by atoms with E-state index in [0.717, 1.165) is 77.0 Å². The molecular formula is C72H116N27O20+. The number of aromatic amines is 5.